The maximum Gasteiger partial charge on any atom is 0.388 e. The van der Waals surface area contributed by atoms with Gasteiger partial charge in [-0.05, 0) is 25.7 Å². The SMILES string of the molecule is C#C/C(=C\C(C(=O)CCCC)=C(/C)CC)OC(F)F. The number of rotatable bonds is 8. The lowest BCUT2D eigenvalue weighted by Gasteiger charge is -2.08. The largest absolute Gasteiger partial charge is 0.426 e. The normalized spacial score (nSPS) is 13.0. The Morgan fingerprint density at radius 2 is 2.05 bits per heavy atom. The Labute approximate surface area is 113 Å². The molecule has 19 heavy (non-hydrogen) atoms. The summed E-state index contributed by atoms with van der Waals surface area (Å²) >= 11 is 0. The molecule has 0 aliphatic rings. The van der Waals surface area contributed by atoms with E-state index in [1.165, 1.54) is 6.08 Å². The fraction of sp³-hybridized carbons (Fsp3) is 0.533. The summed E-state index contributed by atoms with van der Waals surface area (Å²) in [6, 6.07) is 0. The van der Waals surface area contributed by atoms with Gasteiger partial charge in [-0.25, -0.2) is 0 Å². The van der Waals surface area contributed by atoms with E-state index >= 15 is 0 Å². The Bertz CT molecular complexity index is 401. The smallest absolute Gasteiger partial charge is 0.388 e. The van der Waals surface area contributed by atoms with Crippen LogP contribution in [0.15, 0.2) is 23.0 Å². The summed E-state index contributed by atoms with van der Waals surface area (Å²) in [7, 11) is 0. The Morgan fingerprint density at radius 3 is 2.47 bits per heavy atom. The highest BCUT2D eigenvalue weighted by atomic mass is 19.3. The summed E-state index contributed by atoms with van der Waals surface area (Å²) in [6.45, 7) is 2.66. The monoisotopic (exact) mass is 270 g/mol. The Kier molecular flexibility index (Phi) is 8.52. The van der Waals surface area contributed by atoms with E-state index in [1.54, 1.807) is 6.92 Å². The summed E-state index contributed by atoms with van der Waals surface area (Å²) in [5.41, 5.74) is 1.19. The van der Waals surface area contributed by atoms with E-state index in [9.17, 15) is 13.6 Å². The van der Waals surface area contributed by atoms with Crippen molar-refractivity contribution >= 4 is 5.78 Å². The van der Waals surface area contributed by atoms with Crippen LogP contribution in [0.4, 0.5) is 8.78 Å². The molecule has 0 unspecified atom stereocenters. The minimum Gasteiger partial charge on any atom is -0.426 e. The summed E-state index contributed by atoms with van der Waals surface area (Å²) in [6.07, 6.45) is 9.02. The summed E-state index contributed by atoms with van der Waals surface area (Å²) in [4.78, 5) is 12.0. The number of unbranched alkanes of at least 4 members (excludes halogenated alkanes) is 1. The number of hydrogen-bond acceptors (Lipinski definition) is 2. The van der Waals surface area contributed by atoms with Gasteiger partial charge in [0.25, 0.3) is 0 Å². The van der Waals surface area contributed by atoms with Crippen molar-refractivity contribution in [2.24, 2.45) is 0 Å². The van der Waals surface area contributed by atoms with Crippen LogP contribution in [0.5, 0.6) is 0 Å². The Morgan fingerprint density at radius 1 is 1.42 bits per heavy atom. The average molecular weight is 270 g/mol. The standard InChI is InChI=1S/C15H20F2O2/c1-5-8-9-14(18)13(11(4)6-2)10-12(7-3)19-15(16)17/h3,10,15H,5-6,8-9H2,1-2,4H3/b12-10+,13-11-. The van der Waals surface area contributed by atoms with Crippen LogP contribution in [0.25, 0.3) is 0 Å². The highest BCUT2D eigenvalue weighted by molar-refractivity contribution is 5.98. The van der Waals surface area contributed by atoms with E-state index in [1.807, 2.05) is 19.8 Å². The van der Waals surface area contributed by atoms with E-state index in [0.717, 1.165) is 18.4 Å². The number of halogens is 2. The van der Waals surface area contributed by atoms with Crippen molar-refractivity contribution in [3.05, 3.63) is 23.0 Å². The highest BCUT2D eigenvalue weighted by Crippen LogP contribution is 2.17. The molecule has 0 N–H and O–H groups in total. The van der Waals surface area contributed by atoms with Gasteiger partial charge >= 0.3 is 6.61 Å². The van der Waals surface area contributed by atoms with Crippen LogP contribution in [-0.2, 0) is 9.53 Å². The lowest BCUT2D eigenvalue weighted by atomic mass is 9.99. The van der Waals surface area contributed by atoms with Gasteiger partial charge < -0.3 is 4.74 Å². The van der Waals surface area contributed by atoms with Gasteiger partial charge in [0.1, 0.15) is 0 Å². The molecule has 0 radical (unpaired) electrons. The van der Waals surface area contributed by atoms with Gasteiger partial charge in [-0.3, -0.25) is 4.79 Å². The number of allylic oxidation sites excluding steroid dienone is 4. The number of ether oxygens (including phenoxy) is 1. The van der Waals surface area contributed by atoms with Gasteiger partial charge in [0, 0.05) is 18.1 Å². The van der Waals surface area contributed by atoms with Crippen LogP contribution < -0.4 is 0 Å². The van der Waals surface area contributed by atoms with Gasteiger partial charge in [0.05, 0.1) is 0 Å². The molecule has 0 aromatic carbocycles. The first-order valence-corrected chi connectivity index (χ1v) is 6.32. The first kappa shape index (κ1) is 17.4. The number of hydrogen-bond donors (Lipinski definition) is 0. The topological polar surface area (TPSA) is 26.3 Å². The van der Waals surface area contributed by atoms with E-state index in [2.05, 4.69) is 4.74 Å². The van der Waals surface area contributed by atoms with Crippen molar-refractivity contribution < 1.29 is 18.3 Å². The third kappa shape index (κ3) is 6.76. The lowest BCUT2D eigenvalue weighted by Crippen LogP contribution is -2.06. The van der Waals surface area contributed by atoms with Crippen LogP contribution in [-0.4, -0.2) is 12.4 Å². The van der Waals surface area contributed by atoms with Crippen molar-refractivity contribution in [1.82, 2.24) is 0 Å². The zero-order valence-corrected chi connectivity index (χ0v) is 11.6. The number of Topliss-reactive ketones (excluding diaryl/α,β-unsaturated/α-hetero) is 1. The predicted octanol–water partition coefficient (Wildman–Crippen LogP) is 4.23. The molecule has 0 heterocycles. The van der Waals surface area contributed by atoms with E-state index < -0.39 is 6.61 Å². The van der Waals surface area contributed by atoms with Gasteiger partial charge in [-0.2, -0.15) is 8.78 Å². The second-order valence-electron chi connectivity index (χ2n) is 4.11. The second kappa shape index (κ2) is 9.32. The van der Waals surface area contributed by atoms with Gasteiger partial charge in [-0.1, -0.05) is 25.8 Å². The van der Waals surface area contributed by atoms with Crippen LogP contribution in [0.3, 0.4) is 0 Å². The molecule has 0 aromatic heterocycles. The van der Waals surface area contributed by atoms with Crippen molar-refractivity contribution in [2.75, 3.05) is 0 Å². The third-order valence-corrected chi connectivity index (χ3v) is 2.68. The number of terminal acetylenes is 1. The zero-order chi connectivity index (χ0) is 14.8. The molecule has 0 amide bonds. The molecule has 0 aromatic rings. The van der Waals surface area contributed by atoms with E-state index in [4.69, 9.17) is 6.42 Å². The molecule has 0 aliphatic carbocycles. The molecule has 0 saturated heterocycles. The van der Waals surface area contributed by atoms with Gasteiger partial charge in [0.2, 0.25) is 0 Å². The Balaban J connectivity index is 5.23. The number of carbonyl (C=O) groups is 1. The van der Waals surface area contributed by atoms with Crippen LogP contribution in [0.1, 0.15) is 46.5 Å². The molecular weight excluding hydrogens is 250 g/mol. The maximum atomic E-state index is 12.1. The molecule has 2 nitrogen and oxygen atoms in total. The summed E-state index contributed by atoms with van der Waals surface area (Å²) in [5.74, 6) is 1.62. The van der Waals surface area contributed by atoms with Crippen molar-refractivity contribution in [3.63, 3.8) is 0 Å². The number of carbonyl (C=O) groups excluding carboxylic acids is 1. The fourth-order valence-electron chi connectivity index (χ4n) is 1.44. The fourth-order valence-corrected chi connectivity index (χ4v) is 1.44. The third-order valence-electron chi connectivity index (χ3n) is 2.68. The van der Waals surface area contributed by atoms with Crippen LogP contribution in [0.2, 0.25) is 0 Å². The number of ketones is 1. The van der Waals surface area contributed by atoms with E-state index in [0.29, 0.717) is 18.4 Å². The van der Waals surface area contributed by atoms with E-state index in [-0.39, 0.29) is 11.5 Å². The number of alkyl halides is 2. The van der Waals surface area contributed by atoms with Crippen LogP contribution in [0, 0.1) is 12.3 Å². The predicted molar refractivity (Wildman–Crippen MR) is 71.5 cm³/mol. The first-order chi connectivity index (χ1) is 8.96. The zero-order valence-electron chi connectivity index (χ0n) is 11.6. The molecular formula is C15H20F2O2. The van der Waals surface area contributed by atoms with Crippen molar-refractivity contribution in [3.8, 4) is 12.3 Å². The van der Waals surface area contributed by atoms with Gasteiger partial charge in [0.15, 0.2) is 11.5 Å². The molecule has 4 heteroatoms. The van der Waals surface area contributed by atoms with Crippen molar-refractivity contribution in [2.45, 2.75) is 53.1 Å². The minimum absolute atomic E-state index is 0.0909. The molecule has 0 aliphatic heterocycles. The molecule has 106 valence electrons. The molecule has 0 bridgehead atoms. The molecule has 0 spiro atoms. The lowest BCUT2D eigenvalue weighted by molar-refractivity contribution is -0.115. The molecule has 0 rings (SSSR count). The quantitative estimate of drug-likeness (QED) is 0.285. The summed E-state index contributed by atoms with van der Waals surface area (Å²) in [5, 5.41) is 0. The van der Waals surface area contributed by atoms with Gasteiger partial charge in [-0.15, -0.1) is 6.42 Å². The minimum atomic E-state index is -2.99. The maximum absolute atomic E-state index is 12.1. The molecule has 0 atom stereocenters. The first-order valence-electron chi connectivity index (χ1n) is 6.32. The average Bonchev–Trinajstić information content (AvgIpc) is 2.39. The second-order valence-corrected chi connectivity index (χ2v) is 4.11. The summed E-state index contributed by atoms with van der Waals surface area (Å²) < 4.78 is 28.5. The highest BCUT2D eigenvalue weighted by Gasteiger charge is 2.13. The molecule has 0 fully saturated rings. The van der Waals surface area contributed by atoms with Crippen molar-refractivity contribution in [1.29, 1.82) is 0 Å². The Hall–Kier alpha value is -1.63. The molecule has 0 saturated carbocycles. The van der Waals surface area contributed by atoms with Crippen LogP contribution >= 0.6 is 0 Å².